The first-order chi connectivity index (χ1) is 8.61. The molecule has 0 bridgehead atoms. The van der Waals surface area contributed by atoms with Crippen LogP contribution >= 0.6 is 23.2 Å². The van der Waals surface area contributed by atoms with Crippen molar-refractivity contribution in [2.45, 2.75) is 19.1 Å². The molecule has 1 aromatic rings. The second-order valence-electron chi connectivity index (χ2n) is 4.57. The van der Waals surface area contributed by atoms with Gasteiger partial charge in [0.1, 0.15) is 0 Å². The quantitative estimate of drug-likeness (QED) is 0.930. The van der Waals surface area contributed by atoms with Gasteiger partial charge < -0.3 is 10.5 Å². The Bertz CT molecular complexity index is 414. The standard InChI is InChI=1S/C13H18Cl2N2O/c1-9(12-3-2-10(14)6-13(12)15)17-4-5-18-11(7-16)8-17/h2-3,6,9,11H,4-5,7-8,16H2,1H3. The number of benzene rings is 1. The molecule has 2 unspecified atom stereocenters. The van der Waals surface area contributed by atoms with Crippen molar-refractivity contribution in [3.63, 3.8) is 0 Å². The van der Waals surface area contributed by atoms with Gasteiger partial charge in [0, 0.05) is 35.7 Å². The first-order valence-corrected chi connectivity index (χ1v) is 6.88. The van der Waals surface area contributed by atoms with Crippen molar-refractivity contribution < 1.29 is 4.74 Å². The lowest BCUT2D eigenvalue weighted by atomic mass is 10.1. The highest BCUT2D eigenvalue weighted by molar-refractivity contribution is 6.35. The molecule has 0 radical (unpaired) electrons. The second-order valence-corrected chi connectivity index (χ2v) is 5.41. The number of morpholine rings is 1. The summed E-state index contributed by atoms with van der Waals surface area (Å²) in [5, 5.41) is 1.38. The third kappa shape index (κ3) is 3.16. The fourth-order valence-electron chi connectivity index (χ4n) is 2.27. The molecular formula is C13H18Cl2N2O. The van der Waals surface area contributed by atoms with E-state index in [1.807, 2.05) is 12.1 Å². The van der Waals surface area contributed by atoms with Crippen LogP contribution in [0.4, 0.5) is 0 Å². The summed E-state index contributed by atoms with van der Waals surface area (Å²) in [6, 6.07) is 5.89. The molecule has 0 aromatic heterocycles. The maximum absolute atomic E-state index is 6.25. The zero-order valence-corrected chi connectivity index (χ0v) is 11.9. The number of rotatable bonds is 3. The highest BCUT2D eigenvalue weighted by Crippen LogP contribution is 2.30. The smallest absolute Gasteiger partial charge is 0.0824 e. The fraction of sp³-hybridized carbons (Fsp3) is 0.538. The van der Waals surface area contributed by atoms with Crippen LogP contribution in [0.15, 0.2) is 18.2 Å². The average Bonchev–Trinajstić information content (AvgIpc) is 2.38. The van der Waals surface area contributed by atoms with E-state index < -0.39 is 0 Å². The topological polar surface area (TPSA) is 38.5 Å². The summed E-state index contributed by atoms with van der Waals surface area (Å²) >= 11 is 12.2. The van der Waals surface area contributed by atoms with Gasteiger partial charge in [0.25, 0.3) is 0 Å². The van der Waals surface area contributed by atoms with E-state index in [2.05, 4.69) is 11.8 Å². The van der Waals surface area contributed by atoms with E-state index >= 15 is 0 Å². The first kappa shape index (κ1) is 14.1. The van der Waals surface area contributed by atoms with Crippen LogP contribution in [0.5, 0.6) is 0 Å². The molecule has 1 aliphatic rings. The van der Waals surface area contributed by atoms with Gasteiger partial charge in [-0.2, -0.15) is 0 Å². The van der Waals surface area contributed by atoms with E-state index in [4.69, 9.17) is 33.7 Å². The van der Waals surface area contributed by atoms with Crippen LogP contribution in [0.2, 0.25) is 10.0 Å². The number of hydrogen-bond donors (Lipinski definition) is 1. The minimum atomic E-state index is 0.118. The van der Waals surface area contributed by atoms with E-state index in [-0.39, 0.29) is 12.1 Å². The molecule has 1 aromatic carbocycles. The third-order valence-corrected chi connectivity index (χ3v) is 3.96. The molecule has 2 N–H and O–H groups in total. The summed E-state index contributed by atoms with van der Waals surface area (Å²) in [5.74, 6) is 0. The molecule has 2 atom stereocenters. The molecule has 1 saturated heterocycles. The van der Waals surface area contributed by atoms with Gasteiger partial charge in [-0.3, -0.25) is 4.90 Å². The van der Waals surface area contributed by atoms with E-state index in [0.29, 0.717) is 16.6 Å². The van der Waals surface area contributed by atoms with Crippen molar-refractivity contribution in [3.05, 3.63) is 33.8 Å². The number of ether oxygens (including phenoxy) is 1. The third-order valence-electron chi connectivity index (χ3n) is 3.39. The molecule has 0 amide bonds. The van der Waals surface area contributed by atoms with Gasteiger partial charge >= 0.3 is 0 Å². The molecule has 0 spiro atoms. The molecular weight excluding hydrogens is 271 g/mol. The Morgan fingerprint density at radius 2 is 2.28 bits per heavy atom. The second kappa shape index (κ2) is 6.22. The summed E-state index contributed by atoms with van der Waals surface area (Å²) in [4.78, 5) is 2.34. The van der Waals surface area contributed by atoms with Gasteiger partial charge in [0.15, 0.2) is 0 Å². The Morgan fingerprint density at radius 1 is 1.50 bits per heavy atom. The van der Waals surface area contributed by atoms with Crippen molar-refractivity contribution in [3.8, 4) is 0 Å². The van der Waals surface area contributed by atoms with Crippen LogP contribution in [0.3, 0.4) is 0 Å². The first-order valence-electron chi connectivity index (χ1n) is 6.12. The highest BCUT2D eigenvalue weighted by Gasteiger charge is 2.25. The molecule has 2 rings (SSSR count). The molecule has 1 heterocycles. The van der Waals surface area contributed by atoms with Crippen molar-refractivity contribution in [1.29, 1.82) is 0 Å². The molecule has 18 heavy (non-hydrogen) atoms. The SMILES string of the molecule is CC(c1ccc(Cl)cc1Cl)N1CCOC(CN)C1. The lowest BCUT2D eigenvalue weighted by Crippen LogP contribution is -2.46. The summed E-state index contributed by atoms with van der Waals surface area (Å²) in [5.41, 5.74) is 6.75. The lowest BCUT2D eigenvalue weighted by Gasteiger charge is -2.36. The Morgan fingerprint density at radius 3 is 2.94 bits per heavy atom. The minimum absolute atomic E-state index is 0.118. The Labute approximate surface area is 118 Å². The molecule has 0 saturated carbocycles. The zero-order chi connectivity index (χ0) is 13.1. The molecule has 0 aliphatic carbocycles. The monoisotopic (exact) mass is 288 g/mol. The van der Waals surface area contributed by atoms with Crippen LogP contribution in [-0.4, -0.2) is 37.2 Å². The summed E-state index contributed by atoms with van der Waals surface area (Å²) in [7, 11) is 0. The maximum atomic E-state index is 6.25. The van der Waals surface area contributed by atoms with Crippen molar-refractivity contribution in [1.82, 2.24) is 4.90 Å². The number of nitrogens with two attached hydrogens (primary N) is 1. The van der Waals surface area contributed by atoms with Gasteiger partial charge in [-0.05, 0) is 24.6 Å². The largest absolute Gasteiger partial charge is 0.374 e. The molecule has 100 valence electrons. The maximum Gasteiger partial charge on any atom is 0.0824 e. The molecule has 5 heteroatoms. The predicted octanol–water partition coefficient (Wildman–Crippen LogP) is 2.71. The van der Waals surface area contributed by atoms with Gasteiger partial charge in [0.05, 0.1) is 12.7 Å². The minimum Gasteiger partial charge on any atom is -0.374 e. The van der Waals surface area contributed by atoms with Gasteiger partial charge in [-0.1, -0.05) is 29.3 Å². The van der Waals surface area contributed by atoms with Crippen LogP contribution in [0.25, 0.3) is 0 Å². The Hall–Kier alpha value is -0.320. The van der Waals surface area contributed by atoms with E-state index in [1.165, 1.54) is 0 Å². The van der Waals surface area contributed by atoms with Crippen LogP contribution in [-0.2, 0) is 4.74 Å². The van der Waals surface area contributed by atoms with Crippen molar-refractivity contribution >= 4 is 23.2 Å². The van der Waals surface area contributed by atoms with Crippen LogP contribution in [0, 0.1) is 0 Å². The number of hydrogen-bond acceptors (Lipinski definition) is 3. The van der Waals surface area contributed by atoms with Gasteiger partial charge in [0.2, 0.25) is 0 Å². The number of nitrogens with zero attached hydrogens (tertiary/aromatic N) is 1. The highest BCUT2D eigenvalue weighted by atomic mass is 35.5. The van der Waals surface area contributed by atoms with E-state index in [1.54, 1.807) is 6.07 Å². The summed E-state index contributed by atoms with van der Waals surface area (Å²) < 4.78 is 5.57. The molecule has 1 fully saturated rings. The van der Waals surface area contributed by atoms with Gasteiger partial charge in [-0.25, -0.2) is 0 Å². The van der Waals surface area contributed by atoms with E-state index in [0.717, 1.165) is 25.3 Å². The van der Waals surface area contributed by atoms with Crippen molar-refractivity contribution in [2.75, 3.05) is 26.2 Å². The van der Waals surface area contributed by atoms with E-state index in [9.17, 15) is 0 Å². The molecule has 3 nitrogen and oxygen atoms in total. The predicted molar refractivity (Wildman–Crippen MR) is 75.2 cm³/mol. The normalized spacial score (nSPS) is 23.0. The number of halogens is 2. The Kier molecular flexibility index (Phi) is 4.87. The van der Waals surface area contributed by atoms with Crippen LogP contribution in [0.1, 0.15) is 18.5 Å². The summed E-state index contributed by atoms with van der Waals surface area (Å²) in [6.07, 6.45) is 0.118. The van der Waals surface area contributed by atoms with Crippen molar-refractivity contribution in [2.24, 2.45) is 5.73 Å². The Balaban J connectivity index is 2.12. The lowest BCUT2D eigenvalue weighted by molar-refractivity contribution is -0.0364. The molecule has 1 aliphatic heterocycles. The van der Waals surface area contributed by atoms with Crippen LogP contribution < -0.4 is 5.73 Å². The zero-order valence-electron chi connectivity index (χ0n) is 10.4. The van der Waals surface area contributed by atoms with Gasteiger partial charge in [-0.15, -0.1) is 0 Å². The summed E-state index contributed by atoms with van der Waals surface area (Å²) in [6.45, 7) is 5.16. The average molecular weight is 289 g/mol. The fourth-order valence-corrected chi connectivity index (χ4v) is 2.84.